The molecule has 3 aromatic rings. The smallest absolute Gasteiger partial charge is 0.214 e. The molecular formula is C27H33IN4O. The maximum atomic E-state index is 5.47. The van der Waals surface area contributed by atoms with Crippen molar-refractivity contribution >= 4 is 34.4 Å². The molecule has 2 aromatic carbocycles. The van der Waals surface area contributed by atoms with Gasteiger partial charge in [0.1, 0.15) is 7.05 Å². The molecule has 0 spiro atoms. The number of ether oxygens (including phenoxy) is 1. The van der Waals surface area contributed by atoms with Crippen molar-refractivity contribution in [1.82, 2.24) is 4.90 Å². The van der Waals surface area contributed by atoms with Gasteiger partial charge in [-0.3, -0.25) is 0 Å². The highest BCUT2D eigenvalue weighted by Gasteiger charge is 2.21. The van der Waals surface area contributed by atoms with Crippen LogP contribution >= 0.6 is 0 Å². The first kappa shape index (κ1) is 24.0. The summed E-state index contributed by atoms with van der Waals surface area (Å²) in [6.45, 7) is 7.92. The number of halogens is 1. The summed E-state index contributed by atoms with van der Waals surface area (Å²) in [4.78, 5) is 7.34. The van der Waals surface area contributed by atoms with Crippen LogP contribution in [0.5, 0.6) is 0 Å². The van der Waals surface area contributed by atoms with Gasteiger partial charge in [-0.05, 0) is 36.9 Å². The van der Waals surface area contributed by atoms with Crippen LogP contribution in [0.3, 0.4) is 0 Å². The zero-order valence-electron chi connectivity index (χ0n) is 19.6. The summed E-state index contributed by atoms with van der Waals surface area (Å²) in [5, 5.41) is 1.33. The molecule has 33 heavy (non-hydrogen) atoms. The van der Waals surface area contributed by atoms with Crippen molar-refractivity contribution in [2.75, 3.05) is 69.3 Å². The average molecular weight is 556 g/mol. The van der Waals surface area contributed by atoms with Gasteiger partial charge < -0.3 is 43.4 Å². The first-order chi connectivity index (χ1) is 15.7. The molecule has 2 aliphatic rings. The van der Waals surface area contributed by atoms with Gasteiger partial charge >= 0.3 is 0 Å². The van der Waals surface area contributed by atoms with Crippen LogP contribution < -0.4 is 38.3 Å². The number of aromatic nitrogens is 1. The highest BCUT2D eigenvalue weighted by atomic mass is 127. The molecule has 0 amide bonds. The fraction of sp³-hybridized carbons (Fsp3) is 0.370. The van der Waals surface area contributed by atoms with Gasteiger partial charge in [-0.15, -0.1) is 0 Å². The first-order valence-electron chi connectivity index (χ1n) is 11.7. The van der Waals surface area contributed by atoms with Crippen LogP contribution in [0.15, 0.2) is 54.6 Å². The van der Waals surface area contributed by atoms with Crippen molar-refractivity contribution in [2.45, 2.75) is 0 Å². The minimum Gasteiger partial charge on any atom is -1.00 e. The summed E-state index contributed by atoms with van der Waals surface area (Å²) in [6.07, 6.45) is 4.47. The number of piperazine rings is 1. The lowest BCUT2D eigenvalue weighted by Crippen LogP contribution is -3.00. The topological polar surface area (TPSA) is 22.8 Å². The van der Waals surface area contributed by atoms with E-state index in [4.69, 9.17) is 4.74 Å². The third-order valence-electron chi connectivity index (χ3n) is 6.77. The Morgan fingerprint density at radius 2 is 1.52 bits per heavy atom. The van der Waals surface area contributed by atoms with Gasteiger partial charge in [0.2, 0.25) is 11.2 Å². The number of pyridine rings is 1. The van der Waals surface area contributed by atoms with Crippen LogP contribution in [0.25, 0.3) is 23.1 Å². The van der Waals surface area contributed by atoms with Crippen LogP contribution in [0.4, 0.5) is 11.4 Å². The lowest BCUT2D eigenvalue weighted by atomic mass is 10.1. The van der Waals surface area contributed by atoms with Crippen molar-refractivity contribution < 1.29 is 33.3 Å². The number of nitrogens with zero attached hydrogens (tertiary/aromatic N) is 4. The quantitative estimate of drug-likeness (QED) is 0.344. The lowest BCUT2D eigenvalue weighted by molar-refractivity contribution is -0.646. The Kier molecular flexibility index (Phi) is 7.88. The fourth-order valence-corrected chi connectivity index (χ4v) is 4.70. The maximum absolute atomic E-state index is 5.47. The van der Waals surface area contributed by atoms with Crippen molar-refractivity contribution in [3.8, 4) is 0 Å². The molecule has 0 unspecified atom stereocenters. The van der Waals surface area contributed by atoms with Crippen LogP contribution in [0.2, 0.25) is 0 Å². The van der Waals surface area contributed by atoms with Gasteiger partial charge in [-0.1, -0.05) is 24.3 Å². The van der Waals surface area contributed by atoms with E-state index in [-0.39, 0.29) is 24.0 Å². The van der Waals surface area contributed by atoms with E-state index in [9.17, 15) is 0 Å². The second-order valence-corrected chi connectivity index (χ2v) is 8.85. The van der Waals surface area contributed by atoms with E-state index < -0.39 is 0 Å². The summed E-state index contributed by atoms with van der Waals surface area (Å²) in [6, 6.07) is 20.0. The molecule has 2 aliphatic heterocycles. The maximum Gasteiger partial charge on any atom is 0.214 e. The third kappa shape index (κ3) is 5.34. The number of likely N-dealkylation sites (N-methyl/N-ethyl adjacent to an activating group) is 1. The molecule has 3 heterocycles. The Balaban J connectivity index is 0.00000259. The Hall–Kier alpha value is -2.16. The molecule has 174 valence electrons. The van der Waals surface area contributed by atoms with Crippen LogP contribution in [-0.4, -0.2) is 64.4 Å². The van der Waals surface area contributed by atoms with Gasteiger partial charge in [-0.2, -0.15) is 4.57 Å². The summed E-state index contributed by atoms with van der Waals surface area (Å²) in [5.74, 6) is 0. The molecule has 5 rings (SSSR count). The molecule has 0 atom stereocenters. The number of hydrogen-bond donors (Lipinski definition) is 0. The summed E-state index contributed by atoms with van der Waals surface area (Å²) in [5.41, 5.74) is 6.32. The molecule has 0 bridgehead atoms. The largest absolute Gasteiger partial charge is 1.00 e. The summed E-state index contributed by atoms with van der Waals surface area (Å²) in [7, 11) is 4.37. The van der Waals surface area contributed by atoms with Crippen LogP contribution in [-0.2, 0) is 11.8 Å². The SMILES string of the molecule is CN1CCN(c2cc(/C=C/c3ccc(N4CCOCC4)cc3)[n+](C)c3ccccc23)CC1.[I-]. The highest BCUT2D eigenvalue weighted by Crippen LogP contribution is 2.27. The molecule has 2 saturated heterocycles. The Morgan fingerprint density at radius 3 is 2.24 bits per heavy atom. The summed E-state index contributed by atoms with van der Waals surface area (Å²) >= 11 is 0. The second kappa shape index (κ2) is 10.8. The predicted octanol–water partition coefficient (Wildman–Crippen LogP) is 0.427. The van der Waals surface area contributed by atoms with E-state index in [1.165, 1.54) is 33.5 Å². The third-order valence-corrected chi connectivity index (χ3v) is 6.77. The normalized spacial score (nSPS) is 17.5. The molecule has 1 aromatic heterocycles. The van der Waals surface area contributed by atoms with E-state index in [1.807, 2.05) is 0 Å². The molecule has 0 saturated carbocycles. The van der Waals surface area contributed by atoms with E-state index in [0.717, 1.165) is 52.5 Å². The van der Waals surface area contributed by atoms with Crippen molar-refractivity contribution in [3.63, 3.8) is 0 Å². The Labute approximate surface area is 214 Å². The zero-order chi connectivity index (χ0) is 21.9. The molecule has 6 heteroatoms. The second-order valence-electron chi connectivity index (χ2n) is 8.85. The van der Waals surface area contributed by atoms with Crippen LogP contribution in [0, 0.1) is 0 Å². The molecule has 0 aliphatic carbocycles. The number of para-hydroxylation sites is 1. The van der Waals surface area contributed by atoms with Gasteiger partial charge in [0.05, 0.1) is 24.3 Å². The van der Waals surface area contributed by atoms with Crippen LogP contribution in [0.1, 0.15) is 11.3 Å². The van der Waals surface area contributed by atoms with E-state index >= 15 is 0 Å². The number of aryl methyl sites for hydroxylation is 1. The number of rotatable bonds is 4. The number of hydrogen-bond acceptors (Lipinski definition) is 4. The van der Waals surface area contributed by atoms with E-state index in [2.05, 4.69) is 100 Å². The first-order valence-corrected chi connectivity index (χ1v) is 11.7. The monoisotopic (exact) mass is 556 g/mol. The highest BCUT2D eigenvalue weighted by molar-refractivity contribution is 5.91. The minimum atomic E-state index is 0. The molecule has 2 fully saturated rings. The van der Waals surface area contributed by atoms with Crippen molar-refractivity contribution in [1.29, 1.82) is 0 Å². The average Bonchev–Trinajstić information content (AvgIpc) is 2.85. The molecular weight excluding hydrogens is 523 g/mol. The zero-order valence-corrected chi connectivity index (χ0v) is 21.7. The van der Waals surface area contributed by atoms with Gasteiger partial charge in [0, 0.05) is 63.2 Å². The fourth-order valence-electron chi connectivity index (χ4n) is 4.70. The molecule has 0 radical (unpaired) electrons. The van der Waals surface area contributed by atoms with Gasteiger partial charge in [0.15, 0.2) is 0 Å². The van der Waals surface area contributed by atoms with E-state index in [1.54, 1.807) is 0 Å². The Morgan fingerprint density at radius 1 is 0.818 bits per heavy atom. The number of anilines is 2. The minimum absolute atomic E-state index is 0. The summed E-state index contributed by atoms with van der Waals surface area (Å²) < 4.78 is 7.77. The van der Waals surface area contributed by atoms with Gasteiger partial charge in [-0.25, -0.2) is 0 Å². The van der Waals surface area contributed by atoms with Crippen molar-refractivity contribution in [2.24, 2.45) is 7.05 Å². The number of morpholine rings is 1. The van der Waals surface area contributed by atoms with Gasteiger partial charge in [0.25, 0.3) is 0 Å². The lowest BCUT2D eigenvalue weighted by Gasteiger charge is -2.34. The number of benzene rings is 2. The number of fused-ring (bicyclic) bond motifs is 1. The molecule has 0 N–H and O–H groups in total. The molecule has 5 nitrogen and oxygen atoms in total. The Bertz CT molecular complexity index is 1100. The predicted molar refractivity (Wildman–Crippen MR) is 133 cm³/mol. The standard InChI is InChI=1S/C27H33N4O.HI/c1-28-13-15-31(16-14-28)27-21-24(29(2)26-6-4-3-5-25(26)27)12-9-22-7-10-23(11-8-22)30-17-19-32-20-18-30;/h3-12,21H,13-20H2,1-2H3;1H/q+1;/p-1. The van der Waals surface area contributed by atoms with Crippen molar-refractivity contribution in [3.05, 3.63) is 65.9 Å². The van der Waals surface area contributed by atoms with E-state index in [0.29, 0.717) is 0 Å².